The maximum absolute atomic E-state index is 12.3. The highest BCUT2D eigenvalue weighted by Gasteiger charge is 2.39. The van der Waals surface area contributed by atoms with Gasteiger partial charge in [-0.25, -0.2) is 0 Å². The number of carbonyl (C=O) groups is 1. The van der Waals surface area contributed by atoms with E-state index in [2.05, 4.69) is 0 Å². The normalized spacial score (nSPS) is 11.5. The Hall–Kier alpha value is -1.32. The number of hydrogen-bond acceptors (Lipinski definition) is 1. The summed E-state index contributed by atoms with van der Waals surface area (Å²) in [6.07, 6.45) is -2.62. The number of unbranched alkanes of at least 4 members (excludes halogenated alkanes) is 1. The zero-order chi connectivity index (χ0) is 12.2. The fraction of sp³-hybridized carbons (Fsp3) is 0.417. The fourth-order valence-electron chi connectivity index (χ4n) is 1.48. The lowest BCUT2D eigenvalue weighted by Gasteiger charge is -2.10. The van der Waals surface area contributed by atoms with E-state index in [1.807, 2.05) is 6.92 Å². The van der Waals surface area contributed by atoms with Crippen LogP contribution in [-0.4, -0.2) is 12.0 Å². The molecule has 0 heterocycles. The zero-order valence-electron chi connectivity index (χ0n) is 8.97. The molecule has 0 aliphatic carbocycles. The van der Waals surface area contributed by atoms with Crippen LogP contribution in [0.3, 0.4) is 0 Å². The molecule has 1 rings (SSSR count). The van der Waals surface area contributed by atoms with E-state index in [4.69, 9.17) is 0 Å². The Kier molecular flexibility index (Phi) is 4.10. The van der Waals surface area contributed by atoms with Gasteiger partial charge in [0.25, 0.3) is 5.78 Å². The number of carbonyl (C=O) groups excluding carboxylic acids is 1. The first-order chi connectivity index (χ1) is 7.46. The van der Waals surface area contributed by atoms with Crippen molar-refractivity contribution in [2.75, 3.05) is 0 Å². The second-order valence-electron chi connectivity index (χ2n) is 3.59. The molecule has 0 saturated carbocycles. The van der Waals surface area contributed by atoms with Crippen molar-refractivity contribution >= 4 is 5.78 Å². The summed E-state index contributed by atoms with van der Waals surface area (Å²) in [4.78, 5) is 11.1. The van der Waals surface area contributed by atoms with Crippen LogP contribution in [0.5, 0.6) is 0 Å². The smallest absolute Gasteiger partial charge is 0.284 e. The van der Waals surface area contributed by atoms with Crippen LogP contribution >= 0.6 is 0 Å². The summed E-state index contributed by atoms with van der Waals surface area (Å²) < 4.78 is 36.9. The van der Waals surface area contributed by atoms with Gasteiger partial charge in [-0.15, -0.1) is 0 Å². The van der Waals surface area contributed by atoms with E-state index in [-0.39, 0.29) is 5.56 Å². The predicted molar refractivity (Wildman–Crippen MR) is 55.4 cm³/mol. The number of rotatable bonds is 4. The molecule has 0 N–H and O–H groups in total. The van der Waals surface area contributed by atoms with Crippen molar-refractivity contribution in [3.63, 3.8) is 0 Å². The van der Waals surface area contributed by atoms with Crippen molar-refractivity contribution in [2.45, 2.75) is 32.4 Å². The molecule has 0 aliphatic rings. The van der Waals surface area contributed by atoms with Crippen LogP contribution in [0.15, 0.2) is 24.3 Å². The third-order valence-corrected chi connectivity index (χ3v) is 2.32. The maximum Gasteiger partial charge on any atom is 0.454 e. The van der Waals surface area contributed by atoms with Gasteiger partial charge in [-0.2, -0.15) is 13.2 Å². The molecule has 0 spiro atoms. The molecule has 0 aliphatic heterocycles. The second kappa shape index (κ2) is 5.14. The van der Waals surface area contributed by atoms with E-state index in [9.17, 15) is 18.0 Å². The highest BCUT2D eigenvalue weighted by atomic mass is 19.4. The van der Waals surface area contributed by atoms with E-state index in [0.717, 1.165) is 12.8 Å². The Balaban J connectivity index is 2.99. The van der Waals surface area contributed by atoms with Crippen molar-refractivity contribution in [3.8, 4) is 0 Å². The van der Waals surface area contributed by atoms with E-state index in [1.54, 1.807) is 12.1 Å². The molecule has 0 amide bonds. The Morgan fingerprint density at radius 3 is 2.44 bits per heavy atom. The van der Waals surface area contributed by atoms with Crippen molar-refractivity contribution in [2.24, 2.45) is 0 Å². The second-order valence-corrected chi connectivity index (χ2v) is 3.59. The molecule has 0 atom stereocenters. The monoisotopic (exact) mass is 230 g/mol. The molecule has 16 heavy (non-hydrogen) atoms. The number of aryl methyl sites for hydroxylation is 1. The van der Waals surface area contributed by atoms with Gasteiger partial charge in [0.2, 0.25) is 0 Å². The molecule has 0 saturated heterocycles. The van der Waals surface area contributed by atoms with Gasteiger partial charge in [-0.3, -0.25) is 4.79 Å². The van der Waals surface area contributed by atoms with Gasteiger partial charge in [0, 0.05) is 5.56 Å². The predicted octanol–water partition coefficient (Wildman–Crippen LogP) is 3.77. The Bertz CT molecular complexity index is 369. The molecule has 0 radical (unpaired) electrons. The molecule has 0 fully saturated rings. The van der Waals surface area contributed by atoms with Crippen LogP contribution in [0.4, 0.5) is 13.2 Å². The Labute approximate surface area is 92.3 Å². The van der Waals surface area contributed by atoms with Crippen LogP contribution in [0.1, 0.15) is 35.7 Å². The van der Waals surface area contributed by atoms with Crippen LogP contribution in [0.25, 0.3) is 0 Å². The van der Waals surface area contributed by atoms with Crippen molar-refractivity contribution in [3.05, 3.63) is 35.4 Å². The van der Waals surface area contributed by atoms with Gasteiger partial charge in [0.05, 0.1) is 0 Å². The lowest BCUT2D eigenvalue weighted by molar-refractivity contribution is -0.0885. The van der Waals surface area contributed by atoms with E-state index in [0.29, 0.717) is 12.0 Å². The standard InChI is InChI=1S/C12H13F3O/c1-2-3-6-9-7-4-5-8-10(9)11(16)12(13,14)15/h4-5,7-8H,2-3,6H2,1H3. The van der Waals surface area contributed by atoms with Crippen molar-refractivity contribution < 1.29 is 18.0 Å². The minimum atomic E-state index is -4.79. The van der Waals surface area contributed by atoms with Gasteiger partial charge >= 0.3 is 6.18 Å². The van der Waals surface area contributed by atoms with Crippen molar-refractivity contribution in [1.82, 2.24) is 0 Å². The van der Waals surface area contributed by atoms with Crippen LogP contribution in [0, 0.1) is 0 Å². The number of ketones is 1. The highest BCUT2D eigenvalue weighted by Crippen LogP contribution is 2.24. The third kappa shape index (κ3) is 3.08. The molecule has 1 aromatic carbocycles. The van der Waals surface area contributed by atoms with E-state index < -0.39 is 12.0 Å². The maximum atomic E-state index is 12.3. The number of alkyl halides is 3. The van der Waals surface area contributed by atoms with Gasteiger partial charge in [0.1, 0.15) is 0 Å². The van der Waals surface area contributed by atoms with Gasteiger partial charge in [0.15, 0.2) is 0 Å². The molecule has 0 unspecified atom stereocenters. The summed E-state index contributed by atoms with van der Waals surface area (Å²) in [6.45, 7) is 1.95. The van der Waals surface area contributed by atoms with Gasteiger partial charge < -0.3 is 0 Å². The number of benzene rings is 1. The first-order valence-corrected chi connectivity index (χ1v) is 5.16. The summed E-state index contributed by atoms with van der Waals surface area (Å²) in [5.74, 6) is -1.75. The Morgan fingerprint density at radius 2 is 1.88 bits per heavy atom. The number of halogens is 3. The molecule has 0 aromatic heterocycles. The van der Waals surface area contributed by atoms with Crippen LogP contribution in [-0.2, 0) is 6.42 Å². The highest BCUT2D eigenvalue weighted by molar-refractivity contribution is 6.01. The molecule has 1 nitrogen and oxygen atoms in total. The number of Topliss-reactive ketones (excluding diaryl/α,β-unsaturated/α-hetero) is 1. The molecule has 88 valence electrons. The quantitative estimate of drug-likeness (QED) is 0.719. The van der Waals surface area contributed by atoms with Crippen LogP contribution in [0.2, 0.25) is 0 Å². The minimum Gasteiger partial charge on any atom is -0.284 e. The van der Waals surface area contributed by atoms with Gasteiger partial charge in [-0.05, 0) is 18.4 Å². The fourth-order valence-corrected chi connectivity index (χ4v) is 1.48. The molecular weight excluding hydrogens is 217 g/mol. The summed E-state index contributed by atoms with van der Waals surface area (Å²) in [5.41, 5.74) is 0.259. The van der Waals surface area contributed by atoms with Gasteiger partial charge in [-0.1, -0.05) is 37.6 Å². The average molecular weight is 230 g/mol. The van der Waals surface area contributed by atoms with Crippen molar-refractivity contribution in [1.29, 1.82) is 0 Å². The topological polar surface area (TPSA) is 17.1 Å². The summed E-state index contributed by atoms with van der Waals surface area (Å²) in [6, 6.07) is 5.92. The van der Waals surface area contributed by atoms with E-state index in [1.165, 1.54) is 12.1 Å². The lowest BCUT2D eigenvalue weighted by Crippen LogP contribution is -2.24. The van der Waals surface area contributed by atoms with E-state index >= 15 is 0 Å². The first kappa shape index (κ1) is 12.7. The average Bonchev–Trinajstić information content (AvgIpc) is 2.24. The largest absolute Gasteiger partial charge is 0.454 e. The Morgan fingerprint density at radius 1 is 1.25 bits per heavy atom. The van der Waals surface area contributed by atoms with Crippen LogP contribution < -0.4 is 0 Å². The SMILES string of the molecule is CCCCc1ccccc1C(=O)C(F)(F)F. The lowest BCUT2D eigenvalue weighted by atomic mass is 9.99. The summed E-state index contributed by atoms with van der Waals surface area (Å²) in [7, 11) is 0. The first-order valence-electron chi connectivity index (χ1n) is 5.16. The minimum absolute atomic E-state index is 0.219. The molecular formula is C12H13F3O. The number of hydrogen-bond donors (Lipinski definition) is 0. The zero-order valence-corrected chi connectivity index (χ0v) is 8.97. The summed E-state index contributed by atoms with van der Waals surface area (Å²) >= 11 is 0. The summed E-state index contributed by atoms with van der Waals surface area (Å²) in [5, 5.41) is 0. The molecule has 4 heteroatoms. The molecule has 0 bridgehead atoms. The molecule has 1 aromatic rings. The third-order valence-electron chi connectivity index (χ3n) is 2.32.